The Bertz CT molecular complexity index is 240. The molecule has 9 heavy (non-hydrogen) atoms. The molecular formula is C6H5N3+. The lowest BCUT2D eigenvalue weighted by atomic mass is 10.2. The molecule has 43 valence electrons. The van der Waals surface area contributed by atoms with E-state index in [-0.39, 0.29) is 0 Å². The SMILES string of the molecule is N#CC1=CC=[N+]C=C1N. The van der Waals surface area contributed by atoms with E-state index in [4.69, 9.17) is 11.0 Å². The number of hydrogen-bond donors (Lipinski definition) is 1. The Morgan fingerprint density at radius 2 is 2.44 bits per heavy atom. The van der Waals surface area contributed by atoms with Gasteiger partial charge in [0.1, 0.15) is 11.8 Å². The topological polar surface area (TPSA) is 63.9 Å². The summed E-state index contributed by atoms with van der Waals surface area (Å²) >= 11 is 0. The van der Waals surface area contributed by atoms with Gasteiger partial charge in [0.15, 0.2) is 0 Å². The summed E-state index contributed by atoms with van der Waals surface area (Å²) in [6.07, 6.45) is 4.57. The molecule has 0 aromatic heterocycles. The number of rotatable bonds is 0. The van der Waals surface area contributed by atoms with E-state index in [1.165, 1.54) is 12.4 Å². The third kappa shape index (κ3) is 0.970. The van der Waals surface area contributed by atoms with E-state index in [2.05, 4.69) is 4.99 Å². The van der Waals surface area contributed by atoms with Crippen molar-refractivity contribution in [3.8, 4) is 6.07 Å². The van der Waals surface area contributed by atoms with E-state index in [0.717, 1.165) is 0 Å². The van der Waals surface area contributed by atoms with Gasteiger partial charge in [-0.2, -0.15) is 5.26 Å². The van der Waals surface area contributed by atoms with Crippen molar-refractivity contribution in [2.45, 2.75) is 0 Å². The average Bonchev–Trinajstić information content (AvgIpc) is 1.89. The molecule has 0 saturated heterocycles. The molecule has 0 aromatic rings. The van der Waals surface area contributed by atoms with E-state index < -0.39 is 0 Å². The minimum absolute atomic E-state index is 0.431. The molecule has 1 radical (unpaired) electrons. The van der Waals surface area contributed by atoms with Gasteiger partial charge in [0.25, 0.3) is 6.20 Å². The monoisotopic (exact) mass is 119 g/mol. The molecule has 1 heterocycles. The summed E-state index contributed by atoms with van der Waals surface area (Å²) in [6.45, 7) is 0. The number of allylic oxidation sites excluding steroid dienone is 2. The number of nitrogens with zero attached hydrogens (tertiary/aromatic N) is 2. The van der Waals surface area contributed by atoms with Crippen LogP contribution in [0.3, 0.4) is 0 Å². The first-order chi connectivity index (χ1) is 4.34. The van der Waals surface area contributed by atoms with Crippen LogP contribution in [0.2, 0.25) is 0 Å². The third-order valence-electron chi connectivity index (χ3n) is 0.972. The van der Waals surface area contributed by atoms with Crippen LogP contribution in [-0.2, 0) is 0 Å². The fourth-order valence-electron chi connectivity index (χ4n) is 0.508. The number of nitrogens with two attached hydrogens (primary N) is 1. The molecule has 2 N–H and O–H groups in total. The first-order valence-corrected chi connectivity index (χ1v) is 2.44. The maximum Gasteiger partial charge on any atom is 0.266 e. The first-order valence-electron chi connectivity index (χ1n) is 2.44. The second-order valence-electron chi connectivity index (χ2n) is 1.57. The standard InChI is InChI=1S/C6H5N3/c7-3-5-1-2-9-4-6(5)8/h1-2,4H,8H2/q+1. The molecule has 0 saturated carbocycles. The van der Waals surface area contributed by atoms with Crippen LogP contribution in [0.25, 0.3) is 0 Å². The Hall–Kier alpha value is -1.56. The normalized spacial score (nSPS) is 15.9. The average molecular weight is 119 g/mol. The van der Waals surface area contributed by atoms with Gasteiger partial charge in [-0.25, -0.2) is 0 Å². The molecule has 0 amide bonds. The van der Waals surface area contributed by atoms with Crippen LogP contribution in [0, 0.1) is 11.3 Å². The van der Waals surface area contributed by atoms with E-state index in [1.54, 1.807) is 6.08 Å². The fourth-order valence-corrected chi connectivity index (χ4v) is 0.508. The van der Waals surface area contributed by atoms with Crippen molar-refractivity contribution < 1.29 is 0 Å². The van der Waals surface area contributed by atoms with Gasteiger partial charge in [0.05, 0.1) is 10.6 Å². The Labute approximate surface area is 52.8 Å². The highest BCUT2D eigenvalue weighted by Crippen LogP contribution is 2.00. The molecule has 0 unspecified atom stereocenters. The largest absolute Gasteiger partial charge is 0.393 e. The number of nitriles is 1. The van der Waals surface area contributed by atoms with Crippen LogP contribution < -0.4 is 10.7 Å². The van der Waals surface area contributed by atoms with Crippen molar-refractivity contribution in [1.29, 1.82) is 5.26 Å². The minimum atomic E-state index is 0.431. The lowest BCUT2D eigenvalue weighted by Gasteiger charge is -1.89. The molecule has 3 heteroatoms. The Morgan fingerprint density at radius 3 is 2.89 bits per heavy atom. The highest BCUT2D eigenvalue weighted by atomic mass is 14.7. The van der Waals surface area contributed by atoms with Gasteiger partial charge in [-0.1, -0.05) is 0 Å². The molecule has 0 bridgehead atoms. The Morgan fingerprint density at radius 1 is 1.67 bits per heavy atom. The maximum atomic E-state index is 8.36. The number of aliphatic imine (C=N–C) groups is 1. The van der Waals surface area contributed by atoms with Crippen LogP contribution in [0.5, 0.6) is 0 Å². The zero-order valence-electron chi connectivity index (χ0n) is 4.70. The smallest absolute Gasteiger partial charge is 0.266 e. The summed E-state index contributed by atoms with van der Waals surface area (Å²) in [5, 5.41) is 8.36. The van der Waals surface area contributed by atoms with Crippen molar-refractivity contribution in [3.63, 3.8) is 0 Å². The molecule has 3 nitrogen and oxygen atoms in total. The summed E-state index contributed by atoms with van der Waals surface area (Å²) < 4.78 is 0. The van der Waals surface area contributed by atoms with Gasteiger partial charge in [-0.3, -0.25) is 0 Å². The molecule has 1 aliphatic heterocycles. The predicted octanol–water partition coefficient (Wildman–Crippen LogP) is -0.343. The molecule has 1 aliphatic rings. The lowest BCUT2D eigenvalue weighted by Crippen LogP contribution is -2.05. The summed E-state index contributed by atoms with van der Waals surface area (Å²) in [6, 6.07) is 1.93. The second-order valence-corrected chi connectivity index (χ2v) is 1.57. The van der Waals surface area contributed by atoms with Crippen molar-refractivity contribution in [2.75, 3.05) is 0 Å². The third-order valence-corrected chi connectivity index (χ3v) is 0.972. The molecular weight excluding hydrogens is 114 g/mol. The maximum absolute atomic E-state index is 8.36. The van der Waals surface area contributed by atoms with E-state index in [9.17, 15) is 0 Å². The lowest BCUT2D eigenvalue weighted by molar-refractivity contribution is 1.24. The minimum Gasteiger partial charge on any atom is -0.393 e. The molecule has 0 atom stereocenters. The second kappa shape index (κ2) is 2.14. The molecule has 0 aliphatic carbocycles. The van der Waals surface area contributed by atoms with Gasteiger partial charge < -0.3 is 5.73 Å². The summed E-state index contributed by atoms with van der Waals surface area (Å²) in [5.74, 6) is 0. The number of hydrogen-bond acceptors (Lipinski definition) is 3. The summed E-state index contributed by atoms with van der Waals surface area (Å²) in [7, 11) is 0. The van der Waals surface area contributed by atoms with E-state index in [1.807, 2.05) is 6.07 Å². The zero-order chi connectivity index (χ0) is 6.69. The Balaban J connectivity index is 3.00. The predicted molar refractivity (Wildman–Crippen MR) is 34.2 cm³/mol. The van der Waals surface area contributed by atoms with Crippen molar-refractivity contribution in [1.82, 2.24) is 4.99 Å². The van der Waals surface area contributed by atoms with Crippen LogP contribution in [0.15, 0.2) is 23.5 Å². The van der Waals surface area contributed by atoms with Gasteiger partial charge in [0, 0.05) is 6.08 Å². The van der Waals surface area contributed by atoms with E-state index >= 15 is 0 Å². The van der Waals surface area contributed by atoms with Crippen molar-refractivity contribution in [2.24, 2.45) is 5.73 Å². The molecule has 1 rings (SSSR count). The summed E-state index contributed by atoms with van der Waals surface area (Å²) in [4.78, 5) is 3.72. The quantitative estimate of drug-likeness (QED) is 0.474. The van der Waals surface area contributed by atoms with Crippen molar-refractivity contribution in [3.05, 3.63) is 23.5 Å². The highest BCUT2D eigenvalue weighted by Gasteiger charge is 2.06. The van der Waals surface area contributed by atoms with Gasteiger partial charge in [-0.15, -0.1) is 0 Å². The highest BCUT2D eigenvalue weighted by molar-refractivity contribution is 5.76. The van der Waals surface area contributed by atoms with Gasteiger partial charge in [-0.05, 0) is 0 Å². The van der Waals surface area contributed by atoms with Gasteiger partial charge in [0.2, 0.25) is 6.21 Å². The molecule has 0 fully saturated rings. The zero-order valence-corrected chi connectivity index (χ0v) is 4.70. The van der Waals surface area contributed by atoms with Crippen LogP contribution >= 0.6 is 0 Å². The summed E-state index contributed by atoms with van der Waals surface area (Å²) in [5.41, 5.74) is 6.25. The van der Waals surface area contributed by atoms with Crippen LogP contribution in [0.1, 0.15) is 0 Å². The van der Waals surface area contributed by atoms with Crippen molar-refractivity contribution >= 4 is 6.21 Å². The Kier molecular flexibility index (Phi) is 1.32. The van der Waals surface area contributed by atoms with Crippen LogP contribution in [0.4, 0.5) is 0 Å². The fraction of sp³-hybridized carbons (Fsp3) is 0. The molecule has 0 spiro atoms. The van der Waals surface area contributed by atoms with Crippen LogP contribution in [-0.4, -0.2) is 6.21 Å². The van der Waals surface area contributed by atoms with Gasteiger partial charge >= 0.3 is 0 Å². The molecule has 0 aromatic carbocycles. The van der Waals surface area contributed by atoms with E-state index in [0.29, 0.717) is 11.3 Å². The first kappa shape index (κ1) is 5.57.